The van der Waals surface area contributed by atoms with Gasteiger partial charge >= 0.3 is 0 Å². The minimum atomic E-state index is -3.08. The number of rotatable bonds is 4. The number of pyridine rings is 1. The lowest BCUT2D eigenvalue weighted by molar-refractivity contribution is 0.592. The number of hydrogen-bond donors (Lipinski definition) is 0. The van der Waals surface area contributed by atoms with Crippen LogP contribution in [0.1, 0.15) is 0 Å². The zero-order chi connectivity index (χ0) is 25.5. The van der Waals surface area contributed by atoms with E-state index in [-0.39, 0.29) is 0 Å². The Morgan fingerprint density at radius 1 is 0.474 bits per heavy atom. The van der Waals surface area contributed by atoms with Gasteiger partial charge in [0.25, 0.3) is 0 Å². The van der Waals surface area contributed by atoms with Crippen LogP contribution in [-0.4, -0.2) is 4.98 Å². The Morgan fingerprint density at radius 3 is 1.82 bits per heavy atom. The van der Waals surface area contributed by atoms with Crippen LogP contribution in [0.2, 0.25) is 0 Å². The van der Waals surface area contributed by atoms with Crippen molar-refractivity contribution in [1.29, 1.82) is 0 Å². The monoisotopic (exact) mass is 505 g/mol. The van der Waals surface area contributed by atoms with Gasteiger partial charge in [0, 0.05) is 32.1 Å². The minimum absolute atomic E-state index is 0.827. The van der Waals surface area contributed by atoms with E-state index in [2.05, 4.69) is 60.7 Å². The second kappa shape index (κ2) is 9.10. The Bertz CT molecular complexity index is 1950. The summed E-state index contributed by atoms with van der Waals surface area (Å²) in [6.45, 7) is 0. The van der Waals surface area contributed by atoms with Crippen molar-refractivity contribution in [3.8, 4) is 11.1 Å². The molecule has 0 aliphatic carbocycles. The molecule has 3 heteroatoms. The summed E-state index contributed by atoms with van der Waals surface area (Å²) in [7, 11) is -3.08. The molecule has 6 aromatic carbocycles. The van der Waals surface area contributed by atoms with E-state index in [1.165, 1.54) is 0 Å². The van der Waals surface area contributed by atoms with Gasteiger partial charge < -0.3 is 4.57 Å². The van der Waals surface area contributed by atoms with Gasteiger partial charge in [0.15, 0.2) is 7.14 Å². The van der Waals surface area contributed by atoms with Crippen LogP contribution in [0.5, 0.6) is 0 Å². The number of fused-ring (bicyclic) bond motifs is 4. The number of nitrogens with zero attached hydrogens (tertiary/aromatic N) is 1. The first kappa shape index (κ1) is 22.7. The molecule has 0 amide bonds. The third kappa shape index (κ3) is 3.65. The Labute approximate surface area is 221 Å². The van der Waals surface area contributed by atoms with E-state index in [1.807, 2.05) is 84.9 Å². The lowest BCUT2D eigenvalue weighted by atomic mass is 9.95. The predicted molar refractivity (Wildman–Crippen MR) is 162 cm³/mol. The highest BCUT2D eigenvalue weighted by Gasteiger charge is 2.29. The predicted octanol–water partition coefficient (Wildman–Crippen LogP) is 7.85. The number of aromatic nitrogens is 1. The molecule has 1 aromatic heterocycles. The normalized spacial score (nSPS) is 11.8. The first-order valence-electron chi connectivity index (χ1n) is 12.8. The fraction of sp³-hybridized carbons (Fsp3) is 0. The summed E-state index contributed by atoms with van der Waals surface area (Å²) in [5.74, 6) is 0. The summed E-state index contributed by atoms with van der Waals surface area (Å²) >= 11 is 0. The van der Waals surface area contributed by atoms with Gasteiger partial charge in [-0.25, -0.2) is 4.98 Å². The molecule has 0 atom stereocenters. The van der Waals surface area contributed by atoms with Gasteiger partial charge in [0.05, 0.1) is 11.0 Å². The molecular weight excluding hydrogens is 481 g/mol. The highest BCUT2D eigenvalue weighted by molar-refractivity contribution is 7.85. The van der Waals surface area contributed by atoms with E-state index in [9.17, 15) is 0 Å². The minimum Gasteiger partial charge on any atom is -0.309 e. The highest BCUT2D eigenvalue weighted by Crippen LogP contribution is 2.43. The maximum atomic E-state index is 15.0. The zero-order valence-electron chi connectivity index (χ0n) is 20.7. The number of hydrogen-bond acceptors (Lipinski definition) is 2. The molecule has 0 aliphatic rings. The smallest absolute Gasteiger partial charge is 0.171 e. The van der Waals surface area contributed by atoms with Crippen LogP contribution in [-0.2, 0) is 4.57 Å². The van der Waals surface area contributed by atoms with Crippen LogP contribution < -0.4 is 15.9 Å². The van der Waals surface area contributed by atoms with Crippen molar-refractivity contribution >= 4 is 55.6 Å². The average molecular weight is 506 g/mol. The van der Waals surface area contributed by atoms with Gasteiger partial charge in [0.2, 0.25) is 0 Å². The molecule has 0 spiro atoms. The van der Waals surface area contributed by atoms with Crippen molar-refractivity contribution in [3.63, 3.8) is 0 Å². The standard InChI is InChI=1S/C35H24NOP/c37-38(28-14-3-1-4-15-28,29-16-5-2-6-17-29)30-18-11-13-25(23-30)33-24-27-22-26-12-7-10-21-34(26)36-35(27)32-20-9-8-19-31(32)33/h1-24H. The Balaban J connectivity index is 1.49. The van der Waals surface area contributed by atoms with Crippen LogP contribution in [0.4, 0.5) is 0 Å². The molecule has 0 unspecified atom stereocenters. The number of para-hydroxylation sites is 1. The fourth-order valence-electron chi connectivity index (χ4n) is 5.45. The molecule has 180 valence electrons. The Hall–Kier alpha value is -4.52. The quantitative estimate of drug-likeness (QED) is 0.139. The van der Waals surface area contributed by atoms with Crippen LogP contribution in [0.25, 0.3) is 43.7 Å². The Morgan fingerprint density at radius 2 is 1.08 bits per heavy atom. The maximum absolute atomic E-state index is 15.0. The maximum Gasteiger partial charge on any atom is 0.171 e. The molecular formula is C35H24NOP. The molecule has 0 N–H and O–H groups in total. The molecule has 2 nitrogen and oxygen atoms in total. The number of benzene rings is 6. The Kier molecular flexibility index (Phi) is 5.43. The molecule has 0 aliphatic heterocycles. The van der Waals surface area contributed by atoms with Crippen LogP contribution in [0.3, 0.4) is 0 Å². The molecule has 1 heterocycles. The van der Waals surface area contributed by atoms with Gasteiger partial charge in [-0.2, -0.15) is 0 Å². The van der Waals surface area contributed by atoms with Crippen LogP contribution >= 0.6 is 7.14 Å². The lowest BCUT2D eigenvalue weighted by Crippen LogP contribution is -2.25. The van der Waals surface area contributed by atoms with E-state index in [1.54, 1.807) is 0 Å². The second-order valence-corrected chi connectivity index (χ2v) is 12.3. The fourth-order valence-corrected chi connectivity index (χ4v) is 8.14. The third-order valence-electron chi connectivity index (χ3n) is 7.29. The van der Waals surface area contributed by atoms with E-state index in [0.717, 1.165) is 59.6 Å². The van der Waals surface area contributed by atoms with Crippen molar-refractivity contribution in [2.75, 3.05) is 0 Å². The van der Waals surface area contributed by atoms with Crippen molar-refractivity contribution in [2.24, 2.45) is 0 Å². The first-order chi connectivity index (χ1) is 18.7. The molecule has 0 saturated carbocycles. The highest BCUT2D eigenvalue weighted by atomic mass is 31.2. The van der Waals surface area contributed by atoms with Gasteiger partial charge in [-0.1, -0.05) is 121 Å². The van der Waals surface area contributed by atoms with Crippen molar-refractivity contribution < 1.29 is 4.57 Å². The molecule has 7 rings (SSSR count). The van der Waals surface area contributed by atoms with Crippen molar-refractivity contribution in [3.05, 3.63) is 146 Å². The molecule has 0 fully saturated rings. The van der Waals surface area contributed by atoms with Crippen molar-refractivity contribution in [2.45, 2.75) is 0 Å². The summed E-state index contributed by atoms with van der Waals surface area (Å²) in [4.78, 5) is 5.03. The van der Waals surface area contributed by atoms with Gasteiger partial charge in [0.1, 0.15) is 0 Å². The van der Waals surface area contributed by atoms with E-state index in [4.69, 9.17) is 4.98 Å². The third-order valence-corrected chi connectivity index (χ3v) is 10.3. The molecule has 0 saturated heterocycles. The summed E-state index contributed by atoms with van der Waals surface area (Å²) in [5, 5.41) is 6.96. The molecule has 0 radical (unpaired) electrons. The topological polar surface area (TPSA) is 30.0 Å². The van der Waals surface area contributed by atoms with E-state index in [0.29, 0.717) is 0 Å². The van der Waals surface area contributed by atoms with Crippen LogP contribution in [0, 0.1) is 0 Å². The van der Waals surface area contributed by atoms with Crippen LogP contribution in [0.15, 0.2) is 146 Å². The molecule has 38 heavy (non-hydrogen) atoms. The summed E-state index contributed by atoms with van der Waals surface area (Å²) in [5.41, 5.74) is 4.14. The second-order valence-electron chi connectivity index (χ2n) is 9.55. The van der Waals surface area contributed by atoms with E-state index >= 15 is 4.57 Å². The van der Waals surface area contributed by atoms with Gasteiger partial charge in [-0.15, -0.1) is 0 Å². The van der Waals surface area contributed by atoms with Crippen molar-refractivity contribution in [1.82, 2.24) is 4.98 Å². The summed E-state index contributed by atoms with van der Waals surface area (Å²) in [6.07, 6.45) is 0. The largest absolute Gasteiger partial charge is 0.309 e. The summed E-state index contributed by atoms with van der Waals surface area (Å²) in [6, 6.07) is 49.1. The van der Waals surface area contributed by atoms with E-state index < -0.39 is 7.14 Å². The average Bonchev–Trinajstić information content (AvgIpc) is 3.00. The first-order valence-corrected chi connectivity index (χ1v) is 14.5. The SMILES string of the molecule is O=P(c1ccccc1)(c1ccccc1)c1cccc(-c2cc3cc4ccccc4nc3c3ccccc23)c1. The molecule has 7 aromatic rings. The van der Waals surface area contributed by atoms with Gasteiger partial charge in [-0.3, -0.25) is 0 Å². The zero-order valence-corrected chi connectivity index (χ0v) is 21.6. The molecule has 0 bridgehead atoms. The summed E-state index contributed by atoms with van der Waals surface area (Å²) < 4.78 is 15.0. The van der Waals surface area contributed by atoms with Gasteiger partial charge in [-0.05, 0) is 40.8 Å². The lowest BCUT2D eigenvalue weighted by Gasteiger charge is -2.21.